The van der Waals surface area contributed by atoms with Crippen molar-refractivity contribution in [2.24, 2.45) is 0 Å². The Balaban J connectivity index is 2.24. The zero-order chi connectivity index (χ0) is 16.9. The molecular formula is C16H15ClN2O3S. The lowest BCUT2D eigenvalue weighted by atomic mass is 10.2. The van der Waals surface area contributed by atoms with Gasteiger partial charge < -0.3 is 5.32 Å². The van der Waals surface area contributed by atoms with Crippen LogP contribution >= 0.6 is 11.6 Å². The summed E-state index contributed by atoms with van der Waals surface area (Å²) >= 11 is 5.77. The molecule has 5 nitrogen and oxygen atoms in total. The van der Waals surface area contributed by atoms with E-state index >= 15 is 0 Å². The number of anilines is 1. The summed E-state index contributed by atoms with van der Waals surface area (Å²) in [5, 5.41) is 3.10. The Kier molecular flexibility index (Phi) is 5.41. The molecule has 0 aliphatic heterocycles. The van der Waals surface area contributed by atoms with Gasteiger partial charge in [0, 0.05) is 22.8 Å². The Morgan fingerprint density at radius 2 is 1.87 bits per heavy atom. The molecule has 120 valence electrons. The van der Waals surface area contributed by atoms with Crippen LogP contribution in [-0.4, -0.2) is 20.9 Å². The molecule has 2 N–H and O–H groups in total. The Hall–Kier alpha value is -2.31. The summed E-state index contributed by atoms with van der Waals surface area (Å²) in [6.07, 6.45) is 1.54. The van der Waals surface area contributed by atoms with E-state index in [1.54, 1.807) is 36.4 Å². The van der Waals surface area contributed by atoms with Crippen LogP contribution < -0.4 is 10.0 Å². The summed E-state index contributed by atoms with van der Waals surface area (Å²) in [4.78, 5) is 11.9. The standard InChI is InChI=1S/C16H15ClN2O3S/c1-2-10-18-16(20)12-4-3-5-15(11-12)23(21,22)19-14-8-6-13(17)7-9-14/h2-9,11,19H,1,10H2,(H,18,20). The Morgan fingerprint density at radius 1 is 1.17 bits per heavy atom. The van der Waals surface area contributed by atoms with Crippen molar-refractivity contribution in [3.63, 3.8) is 0 Å². The molecule has 0 radical (unpaired) electrons. The number of nitrogens with one attached hydrogen (secondary N) is 2. The van der Waals surface area contributed by atoms with Crippen LogP contribution in [0.5, 0.6) is 0 Å². The number of carbonyl (C=O) groups excluding carboxylic acids is 1. The molecule has 7 heteroatoms. The maximum absolute atomic E-state index is 12.4. The van der Waals surface area contributed by atoms with E-state index in [9.17, 15) is 13.2 Å². The SMILES string of the molecule is C=CCNC(=O)c1cccc(S(=O)(=O)Nc2ccc(Cl)cc2)c1. The second-order valence-electron chi connectivity index (χ2n) is 4.64. The molecule has 0 saturated heterocycles. The summed E-state index contributed by atoms with van der Waals surface area (Å²) in [5.41, 5.74) is 0.641. The van der Waals surface area contributed by atoms with E-state index in [0.29, 0.717) is 17.3 Å². The first-order chi connectivity index (χ1) is 10.9. The molecule has 2 aromatic carbocycles. The first-order valence-corrected chi connectivity index (χ1v) is 8.56. The van der Waals surface area contributed by atoms with Crippen molar-refractivity contribution in [2.45, 2.75) is 4.90 Å². The fourth-order valence-electron chi connectivity index (χ4n) is 1.80. The van der Waals surface area contributed by atoms with Crippen LogP contribution in [0.25, 0.3) is 0 Å². The van der Waals surface area contributed by atoms with Crippen LogP contribution in [0.1, 0.15) is 10.4 Å². The first-order valence-electron chi connectivity index (χ1n) is 6.70. The first kappa shape index (κ1) is 17.1. The number of amides is 1. The van der Waals surface area contributed by atoms with Gasteiger partial charge in [-0.25, -0.2) is 8.42 Å². The summed E-state index contributed by atoms with van der Waals surface area (Å²) in [6.45, 7) is 3.81. The van der Waals surface area contributed by atoms with Gasteiger partial charge in [-0.3, -0.25) is 9.52 Å². The number of sulfonamides is 1. The van der Waals surface area contributed by atoms with Gasteiger partial charge in [-0.05, 0) is 42.5 Å². The molecule has 0 bridgehead atoms. The van der Waals surface area contributed by atoms with Crippen molar-refractivity contribution in [2.75, 3.05) is 11.3 Å². The lowest BCUT2D eigenvalue weighted by Crippen LogP contribution is -2.23. The highest BCUT2D eigenvalue weighted by Gasteiger charge is 2.16. The van der Waals surface area contributed by atoms with Gasteiger partial charge in [-0.2, -0.15) is 0 Å². The smallest absolute Gasteiger partial charge is 0.261 e. The summed E-state index contributed by atoms with van der Waals surface area (Å²) in [7, 11) is -3.80. The molecule has 0 unspecified atom stereocenters. The molecule has 2 rings (SSSR count). The molecule has 23 heavy (non-hydrogen) atoms. The molecule has 0 heterocycles. The van der Waals surface area contributed by atoms with Gasteiger partial charge in [-0.15, -0.1) is 6.58 Å². The number of halogens is 1. The molecule has 2 aromatic rings. The second-order valence-corrected chi connectivity index (χ2v) is 6.76. The normalized spacial score (nSPS) is 10.8. The zero-order valence-electron chi connectivity index (χ0n) is 12.1. The Morgan fingerprint density at radius 3 is 2.52 bits per heavy atom. The van der Waals surface area contributed by atoms with E-state index < -0.39 is 10.0 Å². The molecule has 0 atom stereocenters. The maximum atomic E-state index is 12.4. The van der Waals surface area contributed by atoms with Gasteiger partial charge in [0.2, 0.25) is 0 Å². The van der Waals surface area contributed by atoms with Crippen LogP contribution in [0.2, 0.25) is 5.02 Å². The molecule has 0 aliphatic rings. The minimum atomic E-state index is -3.80. The lowest BCUT2D eigenvalue weighted by Gasteiger charge is -2.09. The predicted octanol–water partition coefficient (Wildman–Crippen LogP) is 3.06. The summed E-state index contributed by atoms with van der Waals surface area (Å²) < 4.78 is 27.2. The minimum absolute atomic E-state index is 0.00120. The van der Waals surface area contributed by atoms with Crippen molar-refractivity contribution < 1.29 is 13.2 Å². The number of hydrogen-bond acceptors (Lipinski definition) is 3. The van der Waals surface area contributed by atoms with Gasteiger partial charge in [-0.1, -0.05) is 23.7 Å². The third-order valence-electron chi connectivity index (χ3n) is 2.91. The second kappa shape index (κ2) is 7.30. The van der Waals surface area contributed by atoms with Gasteiger partial charge in [0.15, 0.2) is 0 Å². The van der Waals surface area contributed by atoms with Crippen molar-refractivity contribution in [3.8, 4) is 0 Å². The monoisotopic (exact) mass is 350 g/mol. The summed E-state index contributed by atoms with van der Waals surface area (Å²) in [5.74, 6) is -0.367. The summed E-state index contributed by atoms with van der Waals surface area (Å²) in [6, 6.07) is 12.1. The van der Waals surface area contributed by atoms with Crippen molar-refractivity contribution in [1.82, 2.24) is 5.32 Å². The van der Waals surface area contributed by atoms with Gasteiger partial charge in [0.05, 0.1) is 4.90 Å². The maximum Gasteiger partial charge on any atom is 0.261 e. The fraction of sp³-hybridized carbons (Fsp3) is 0.0625. The minimum Gasteiger partial charge on any atom is -0.349 e. The van der Waals surface area contributed by atoms with E-state index in [2.05, 4.69) is 16.6 Å². The molecule has 0 aromatic heterocycles. The van der Waals surface area contributed by atoms with E-state index in [0.717, 1.165) is 0 Å². The Labute approximate surface area is 140 Å². The highest BCUT2D eigenvalue weighted by atomic mass is 35.5. The molecule has 0 aliphatic carbocycles. The number of carbonyl (C=O) groups is 1. The fourth-order valence-corrected chi connectivity index (χ4v) is 3.03. The topological polar surface area (TPSA) is 75.3 Å². The zero-order valence-corrected chi connectivity index (χ0v) is 13.7. The number of rotatable bonds is 6. The van der Waals surface area contributed by atoms with Gasteiger partial charge >= 0.3 is 0 Å². The van der Waals surface area contributed by atoms with Crippen LogP contribution in [0.4, 0.5) is 5.69 Å². The molecular weight excluding hydrogens is 336 g/mol. The Bertz CT molecular complexity index is 817. The van der Waals surface area contributed by atoms with Crippen LogP contribution in [0.15, 0.2) is 66.1 Å². The highest BCUT2D eigenvalue weighted by Crippen LogP contribution is 2.19. The van der Waals surface area contributed by atoms with E-state index in [1.165, 1.54) is 18.2 Å². The van der Waals surface area contributed by atoms with E-state index in [-0.39, 0.29) is 16.4 Å². The van der Waals surface area contributed by atoms with Crippen LogP contribution in [0.3, 0.4) is 0 Å². The molecule has 0 spiro atoms. The predicted molar refractivity (Wildman–Crippen MR) is 91.2 cm³/mol. The quantitative estimate of drug-likeness (QED) is 0.786. The highest BCUT2D eigenvalue weighted by molar-refractivity contribution is 7.92. The van der Waals surface area contributed by atoms with Gasteiger partial charge in [0.1, 0.15) is 0 Å². The number of benzene rings is 2. The van der Waals surface area contributed by atoms with E-state index in [1.807, 2.05) is 0 Å². The average molecular weight is 351 g/mol. The third kappa shape index (κ3) is 4.58. The third-order valence-corrected chi connectivity index (χ3v) is 4.54. The van der Waals surface area contributed by atoms with Crippen molar-refractivity contribution >= 4 is 33.2 Å². The molecule has 0 fully saturated rings. The van der Waals surface area contributed by atoms with Crippen LogP contribution in [-0.2, 0) is 10.0 Å². The van der Waals surface area contributed by atoms with Crippen molar-refractivity contribution in [3.05, 3.63) is 71.8 Å². The molecule has 1 amide bonds. The average Bonchev–Trinajstić information content (AvgIpc) is 2.54. The number of hydrogen-bond donors (Lipinski definition) is 2. The van der Waals surface area contributed by atoms with E-state index in [4.69, 9.17) is 11.6 Å². The molecule has 0 saturated carbocycles. The lowest BCUT2D eigenvalue weighted by molar-refractivity contribution is 0.0958. The largest absolute Gasteiger partial charge is 0.349 e. The van der Waals surface area contributed by atoms with Crippen LogP contribution in [0, 0.1) is 0 Å². The van der Waals surface area contributed by atoms with Crippen molar-refractivity contribution in [1.29, 1.82) is 0 Å². The van der Waals surface area contributed by atoms with Gasteiger partial charge in [0.25, 0.3) is 15.9 Å².